The monoisotopic (exact) mass is 307 g/mol. The maximum Gasteiger partial charge on any atom is 0.327 e. The summed E-state index contributed by atoms with van der Waals surface area (Å²) in [5.41, 5.74) is 0. The summed E-state index contributed by atoms with van der Waals surface area (Å²) >= 11 is 1.49. The second-order valence-corrected chi connectivity index (χ2v) is 6.88. The van der Waals surface area contributed by atoms with E-state index in [2.05, 4.69) is 0 Å². The van der Waals surface area contributed by atoms with Crippen LogP contribution in [-0.2, 0) is 9.59 Å². The van der Waals surface area contributed by atoms with E-state index in [4.69, 9.17) is 0 Å². The van der Waals surface area contributed by atoms with E-state index < -0.39 is 24.0 Å². The molecule has 0 radical (unpaired) electrons. The normalized spacial score (nSPS) is 32.5. The molecule has 2 aliphatic rings. The molecule has 2 aliphatic heterocycles. The molecule has 5 unspecified atom stereocenters. The highest BCUT2D eigenvalue weighted by Gasteiger charge is 2.61. The number of fused-ring (bicyclic) bond motifs is 1. The van der Waals surface area contributed by atoms with Crippen molar-refractivity contribution < 1.29 is 19.8 Å². The molecule has 0 spiro atoms. The lowest BCUT2D eigenvalue weighted by Crippen LogP contribution is -2.64. The molecular weight excluding hydrogens is 290 g/mol. The number of carbonyl (C=O) groups excluding carboxylic acids is 1. The van der Waals surface area contributed by atoms with Gasteiger partial charge in [-0.1, -0.05) is 18.2 Å². The van der Waals surface area contributed by atoms with Crippen molar-refractivity contribution in [3.8, 4) is 0 Å². The summed E-state index contributed by atoms with van der Waals surface area (Å²) < 4.78 is 0. The highest BCUT2D eigenvalue weighted by molar-refractivity contribution is 8.00. The molecule has 2 heterocycles. The predicted octanol–water partition coefficient (Wildman–Crippen LogP) is 1.21. The summed E-state index contributed by atoms with van der Waals surface area (Å²) in [6, 6.07) is 8.65. The Labute approximate surface area is 126 Å². The summed E-state index contributed by atoms with van der Waals surface area (Å²) in [5.74, 6) is -1.66. The second-order valence-electron chi connectivity index (χ2n) is 5.57. The minimum absolute atomic E-state index is 0.153. The number of amides is 1. The summed E-state index contributed by atoms with van der Waals surface area (Å²) in [5, 5.41) is 19.0. The molecule has 0 aliphatic carbocycles. The molecule has 2 fully saturated rings. The Bertz CT molecular complexity index is 562. The molecule has 1 aromatic carbocycles. The summed E-state index contributed by atoms with van der Waals surface area (Å²) in [4.78, 5) is 26.1. The number of aliphatic hydroxyl groups excluding tert-OH is 1. The second kappa shape index (κ2) is 5.35. The first-order chi connectivity index (χ1) is 10.0. The first-order valence-corrected chi connectivity index (χ1v) is 7.83. The van der Waals surface area contributed by atoms with E-state index >= 15 is 0 Å². The lowest BCUT2D eigenvalue weighted by molar-refractivity contribution is -0.169. The molecular formula is C15H17NO4S. The number of carboxylic acids is 1. The van der Waals surface area contributed by atoms with Crippen molar-refractivity contribution >= 4 is 23.6 Å². The van der Waals surface area contributed by atoms with Crippen LogP contribution in [0.1, 0.15) is 13.3 Å². The third kappa shape index (κ3) is 2.32. The molecule has 21 heavy (non-hydrogen) atoms. The molecule has 2 saturated heterocycles. The summed E-state index contributed by atoms with van der Waals surface area (Å²) in [6.45, 7) is 1.59. The van der Waals surface area contributed by atoms with Gasteiger partial charge < -0.3 is 15.1 Å². The van der Waals surface area contributed by atoms with Gasteiger partial charge in [-0.25, -0.2) is 4.79 Å². The number of hydrogen-bond acceptors (Lipinski definition) is 4. The zero-order chi connectivity index (χ0) is 15.1. The number of rotatable bonds is 4. The Morgan fingerprint density at radius 3 is 2.62 bits per heavy atom. The van der Waals surface area contributed by atoms with E-state index in [1.807, 2.05) is 30.3 Å². The molecule has 1 amide bonds. The summed E-state index contributed by atoms with van der Waals surface area (Å²) in [6.07, 6.45) is -0.119. The largest absolute Gasteiger partial charge is 0.480 e. The fourth-order valence-corrected chi connectivity index (χ4v) is 4.67. The summed E-state index contributed by atoms with van der Waals surface area (Å²) in [7, 11) is 0. The van der Waals surface area contributed by atoms with Crippen molar-refractivity contribution in [2.45, 2.75) is 41.7 Å². The number of aliphatic carboxylic acids is 1. The Hall–Kier alpha value is -1.53. The van der Waals surface area contributed by atoms with Crippen molar-refractivity contribution in [1.29, 1.82) is 0 Å². The highest BCUT2D eigenvalue weighted by atomic mass is 32.2. The van der Waals surface area contributed by atoms with Gasteiger partial charge in [0.05, 0.1) is 12.0 Å². The van der Waals surface area contributed by atoms with Crippen LogP contribution in [0.5, 0.6) is 0 Å². The molecule has 0 saturated carbocycles. The quantitative estimate of drug-likeness (QED) is 0.818. The minimum Gasteiger partial charge on any atom is -0.480 e. The van der Waals surface area contributed by atoms with Gasteiger partial charge >= 0.3 is 5.97 Å². The number of aliphatic hydroxyl groups is 1. The first-order valence-electron chi connectivity index (χ1n) is 6.95. The lowest BCUT2D eigenvalue weighted by atomic mass is 9.84. The van der Waals surface area contributed by atoms with Crippen molar-refractivity contribution in [3.05, 3.63) is 30.3 Å². The van der Waals surface area contributed by atoms with Crippen LogP contribution in [0.4, 0.5) is 0 Å². The van der Waals surface area contributed by atoms with E-state index in [-0.39, 0.29) is 17.2 Å². The van der Waals surface area contributed by atoms with Crippen LogP contribution in [0.2, 0.25) is 0 Å². The first kappa shape index (κ1) is 14.4. The number of nitrogens with zero attached hydrogens (tertiary/aromatic N) is 1. The maximum absolute atomic E-state index is 12.1. The molecule has 2 N–H and O–H groups in total. The van der Waals surface area contributed by atoms with Crippen LogP contribution in [0.25, 0.3) is 0 Å². The molecule has 0 bridgehead atoms. The van der Waals surface area contributed by atoms with Crippen LogP contribution < -0.4 is 0 Å². The Morgan fingerprint density at radius 1 is 1.38 bits per heavy atom. The van der Waals surface area contributed by atoms with Gasteiger partial charge in [-0.05, 0) is 25.5 Å². The molecule has 5 atom stereocenters. The number of carboxylic acid groups (broad SMARTS) is 1. The third-order valence-electron chi connectivity index (χ3n) is 4.24. The predicted molar refractivity (Wildman–Crippen MR) is 77.9 cm³/mol. The van der Waals surface area contributed by atoms with Crippen LogP contribution in [-0.4, -0.2) is 50.4 Å². The zero-order valence-electron chi connectivity index (χ0n) is 11.5. The number of carbonyl (C=O) groups is 2. The molecule has 112 valence electrons. The Kier molecular flexibility index (Phi) is 3.67. The highest BCUT2D eigenvalue weighted by Crippen LogP contribution is 2.46. The van der Waals surface area contributed by atoms with Crippen molar-refractivity contribution in [1.82, 2.24) is 4.90 Å². The fraction of sp³-hybridized carbons (Fsp3) is 0.467. The van der Waals surface area contributed by atoms with Gasteiger partial charge in [0, 0.05) is 16.2 Å². The van der Waals surface area contributed by atoms with Crippen molar-refractivity contribution in [2.75, 3.05) is 0 Å². The van der Waals surface area contributed by atoms with E-state index in [1.54, 1.807) is 6.92 Å². The minimum atomic E-state index is -0.969. The third-order valence-corrected chi connectivity index (χ3v) is 5.54. The van der Waals surface area contributed by atoms with Gasteiger partial charge in [-0.3, -0.25) is 4.79 Å². The van der Waals surface area contributed by atoms with E-state index in [0.717, 1.165) is 4.90 Å². The molecule has 0 aromatic heterocycles. The van der Waals surface area contributed by atoms with Crippen LogP contribution in [0, 0.1) is 5.92 Å². The number of thioether (sulfide) groups is 1. The van der Waals surface area contributed by atoms with Gasteiger partial charge in [0.15, 0.2) is 0 Å². The average Bonchev–Trinajstić information content (AvgIpc) is 2.74. The van der Waals surface area contributed by atoms with Crippen LogP contribution in [0.3, 0.4) is 0 Å². The Morgan fingerprint density at radius 2 is 2.05 bits per heavy atom. The maximum atomic E-state index is 12.1. The standard InChI is InChI=1S/C15H17NO4S/c1-8(17)12-10-7-11(21-9-5-3-2-4-6-9)13(15(19)20)16(10)14(12)18/h2-6,8,10-13,17H,7H2,1H3,(H,19,20). The van der Waals surface area contributed by atoms with Gasteiger partial charge in [0.2, 0.25) is 5.91 Å². The van der Waals surface area contributed by atoms with Gasteiger partial charge in [-0.2, -0.15) is 0 Å². The van der Waals surface area contributed by atoms with Crippen molar-refractivity contribution in [2.24, 2.45) is 5.92 Å². The van der Waals surface area contributed by atoms with E-state index in [1.165, 1.54) is 16.7 Å². The fourth-order valence-electron chi connectivity index (χ4n) is 3.33. The number of hydrogen-bond donors (Lipinski definition) is 2. The molecule has 3 rings (SSSR count). The van der Waals surface area contributed by atoms with Gasteiger partial charge in [-0.15, -0.1) is 11.8 Å². The molecule has 1 aromatic rings. The molecule has 6 heteroatoms. The van der Waals surface area contributed by atoms with Gasteiger partial charge in [0.1, 0.15) is 6.04 Å². The van der Waals surface area contributed by atoms with E-state index in [0.29, 0.717) is 6.42 Å². The topological polar surface area (TPSA) is 77.8 Å². The van der Waals surface area contributed by atoms with Crippen LogP contribution >= 0.6 is 11.8 Å². The Balaban J connectivity index is 1.81. The lowest BCUT2D eigenvalue weighted by Gasteiger charge is -2.45. The average molecular weight is 307 g/mol. The smallest absolute Gasteiger partial charge is 0.327 e. The molecule has 5 nitrogen and oxygen atoms in total. The van der Waals surface area contributed by atoms with E-state index in [9.17, 15) is 19.8 Å². The number of β-lactam (4-membered cyclic amide) rings is 1. The van der Waals surface area contributed by atoms with Crippen molar-refractivity contribution in [3.63, 3.8) is 0 Å². The number of benzene rings is 1. The SMILES string of the molecule is CC(O)C1C(=O)N2C1CC(Sc1ccccc1)C2C(=O)O. The zero-order valence-corrected chi connectivity index (χ0v) is 12.4. The van der Waals surface area contributed by atoms with Gasteiger partial charge in [0.25, 0.3) is 0 Å². The van der Waals surface area contributed by atoms with Crippen LogP contribution in [0.15, 0.2) is 35.2 Å².